The van der Waals surface area contributed by atoms with Crippen molar-refractivity contribution in [2.45, 2.75) is 46.2 Å². The molecule has 1 N–H and O–H groups in total. The van der Waals surface area contributed by atoms with Gasteiger partial charge < -0.3 is 5.32 Å². The van der Waals surface area contributed by atoms with Crippen molar-refractivity contribution < 1.29 is 4.39 Å². The van der Waals surface area contributed by atoms with Crippen LogP contribution in [0.2, 0.25) is 0 Å². The van der Waals surface area contributed by atoms with Gasteiger partial charge in [0.2, 0.25) is 0 Å². The van der Waals surface area contributed by atoms with Crippen LogP contribution in [-0.4, -0.2) is 18.8 Å². The Kier molecular flexibility index (Phi) is 3.94. The lowest BCUT2D eigenvalue weighted by Crippen LogP contribution is -2.44. The fourth-order valence-corrected chi connectivity index (χ4v) is 2.41. The van der Waals surface area contributed by atoms with Gasteiger partial charge in [0.25, 0.3) is 0 Å². The third-order valence-corrected chi connectivity index (χ3v) is 4.03. The summed E-state index contributed by atoms with van der Waals surface area (Å²) in [4.78, 5) is 0. The van der Waals surface area contributed by atoms with E-state index in [9.17, 15) is 4.39 Å². The van der Waals surface area contributed by atoms with Gasteiger partial charge in [-0.25, -0.2) is 4.39 Å². The molecule has 1 rings (SSSR count). The maximum atomic E-state index is 14.6. The summed E-state index contributed by atoms with van der Waals surface area (Å²) in [5.41, 5.74) is -0.990. The second-order valence-corrected chi connectivity index (χ2v) is 5.21. The predicted octanol–water partition coefficient (Wildman–Crippen LogP) is 3.01. The summed E-state index contributed by atoms with van der Waals surface area (Å²) in [6.45, 7) is 10.0. The molecule has 0 radical (unpaired) electrons. The molecule has 84 valence electrons. The lowest BCUT2D eigenvalue weighted by Gasteiger charge is -2.39. The van der Waals surface area contributed by atoms with E-state index in [1.807, 2.05) is 6.92 Å². The van der Waals surface area contributed by atoms with Crippen LogP contribution in [0, 0.1) is 17.8 Å². The van der Waals surface area contributed by atoms with Crippen LogP contribution in [0.5, 0.6) is 0 Å². The average Bonchev–Trinajstić information content (AvgIpc) is 2.18. The van der Waals surface area contributed by atoms with Gasteiger partial charge in [0, 0.05) is 0 Å². The Morgan fingerprint density at radius 3 is 2.14 bits per heavy atom. The fourth-order valence-electron chi connectivity index (χ4n) is 2.41. The van der Waals surface area contributed by atoms with E-state index in [2.05, 4.69) is 19.2 Å². The lowest BCUT2D eigenvalue weighted by molar-refractivity contribution is 0.00599. The third kappa shape index (κ3) is 2.47. The summed E-state index contributed by atoms with van der Waals surface area (Å²) in [5, 5.41) is 3.29. The van der Waals surface area contributed by atoms with Crippen molar-refractivity contribution >= 4 is 0 Å². The quantitative estimate of drug-likeness (QED) is 0.740. The van der Waals surface area contributed by atoms with Gasteiger partial charge in [0.1, 0.15) is 5.67 Å². The minimum atomic E-state index is -0.990. The van der Waals surface area contributed by atoms with Gasteiger partial charge in [-0.2, -0.15) is 0 Å². The Morgan fingerprint density at radius 2 is 1.71 bits per heavy atom. The first-order chi connectivity index (χ1) is 6.46. The molecule has 1 heterocycles. The Hall–Kier alpha value is -0.110. The molecule has 1 nitrogen and oxygen atoms in total. The van der Waals surface area contributed by atoms with Gasteiger partial charge in [0.15, 0.2) is 0 Å². The largest absolute Gasteiger partial charge is 0.317 e. The zero-order chi connectivity index (χ0) is 10.8. The van der Waals surface area contributed by atoms with E-state index < -0.39 is 5.67 Å². The third-order valence-electron chi connectivity index (χ3n) is 4.03. The smallest absolute Gasteiger partial charge is 0.114 e. The molecule has 1 fully saturated rings. The first-order valence-corrected chi connectivity index (χ1v) is 5.86. The Labute approximate surface area is 87.5 Å². The van der Waals surface area contributed by atoms with Crippen LogP contribution >= 0.6 is 0 Å². The van der Waals surface area contributed by atoms with Crippen molar-refractivity contribution in [2.24, 2.45) is 17.8 Å². The minimum Gasteiger partial charge on any atom is -0.317 e. The fraction of sp³-hybridized carbons (Fsp3) is 1.00. The maximum Gasteiger partial charge on any atom is 0.114 e. The second-order valence-electron chi connectivity index (χ2n) is 5.21. The highest BCUT2D eigenvalue weighted by atomic mass is 19.1. The van der Waals surface area contributed by atoms with Crippen LogP contribution in [0.4, 0.5) is 4.39 Å². The first kappa shape index (κ1) is 12.0. The second kappa shape index (κ2) is 4.61. The van der Waals surface area contributed by atoms with Crippen molar-refractivity contribution in [1.82, 2.24) is 5.32 Å². The van der Waals surface area contributed by atoms with Crippen molar-refractivity contribution in [3.8, 4) is 0 Å². The Balaban J connectivity index is 2.61. The van der Waals surface area contributed by atoms with Gasteiger partial charge in [-0.05, 0) is 50.6 Å². The van der Waals surface area contributed by atoms with Gasteiger partial charge >= 0.3 is 0 Å². The SMILES string of the molecule is CC(C)C(C)C(C)(F)C1CCNCC1. The van der Waals surface area contributed by atoms with Crippen molar-refractivity contribution in [3.63, 3.8) is 0 Å². The highest BCUT2D eigenvalue weighted by Gasteiger charge is 2.40. The van der Waals surface area contributed by atoms with E-state index in [0.717, 1.165) is 25.9 Å². The van der Waals surface area contributed by atoms with Crippen molar-refractivity contribution in [1.29, 1.82) is 0 Å². The summed E-state index contributed by atoms with van der Waals surface area (Å²) >= 11 is 0. The minimum absolute atomic E-state index is 0.158. The van der Waals surface area contributed by atoms with Gasteiger partial charge in [-0.15, -0.1) is 0 Å². The van der Waals surface area contributed by atoms with E-state index in [0.29, 0.717) is 5.92 Å². The molecule has 1 saturated heterocycles. The molecule has 2 heteroatoms. The van der Waals surface area contributed by atoms with Crippen LogP contribution in [0.1, 0.15) is 40.5 Å². The summed E-state index contributed by atoms with van der Waals surface area (Å²) in [6.07, 6.45) is 1.98. The number of alkyl halides is 1. The van der Waals surface area contributed by atoms with E-state index in [1.54, 1.807) is 6.92 Å². The highest BCUT2D eigenvalue weighted by Crippen LogP contribution is 2.38. The zero-order valence-corrected chi connectivity index (χ0v) is 9.94. The molecule has 2 unspecified atom stereocenters. The van der Waals surface area contributed by atoms with Crippen LogP contribution in [0.3, 0.4) is 0 Å². The molecule has 14 heavy (non-hydrogen) atoms. The van der Waals surface area contributed by atoms with Crippen LogP contribution < -0.4 is 5.32 Å². The number of hydrogen-bond acceptors (Lipinski definition) is 1. The molecular formula is C12H24FN. The molecule has 0 aromatic rings. The zero-order valence-electron chi connectivity index (χ0n) is 9.94. The summed E-state index contributed by atoms with van der Waals surface area (Å²) in [7, 11) is 0. The summed E-state index contributed by atoms with van der Waals surface area (Å²) < 4.78 is 14.6. The van der Waals surface area contributed by atoms with E-state index >= 15 is 0 Å². The molecule has 0 spiro atoms. The normalized spacial score (nSPS) is 26.1. The number of rotatable bonds is 3. The van der Waals surface area contributed by atoms with Crippen molar-refractivity contribution in [3.05, 3.63) is 0 Å². The number of piperidine rings is 1. The molecule has 0 aromatic carbocycles. The number of hydrogen-bond donors (Lipinski definition) is 1. The molecule has 1 aliphatic rings. The Bertz CT molecular complexity index is 171. The molecule has 0 amide bonds. The molecule has 1 aliphatic heterocycles. The van der Waals surface area contributed by atoms with Crippen molar-refractivity contribution in [2.75, 3.05) is 13.1 Å². The summed E-state index contributed by atoms with van der Waals surface area (Å²) in [5.74, 6) is 0.839. The molecule has 0 bridgehead atoms. The van der Waals surface area contributed by atoms with Gasteiger partial charge in [-0.3, -0.25) is 0 Å². The molecule has 0 saturated carbocycles. The molecule has 0 aromatic heterocycles. The molecule has 2 atom stereocenters. The number of nitrogens with one attached hydrogen (secondary N) is 1. The van der Waals surface area contributed by atoms with Gasteiger partial charge in [0.05, 0.1) is 0 Å². The standard InChI is InChI=1S/C12H24FN/c1-9(2)10(3)12(4,13)11-5-7-14-8-6-11/h9-11,14H,5-8H2,1-4H3. The highest BCUT2D eigenvalue weighted by molar-refractivity contribution is 4.90. The predicted molar refractivity (Wildman–Crippen MR) is 59.1 cm³/mol. The van der Waals surface area contributed by atoms with E-state index in [1.165, 1.54) is 0 Å². The monoisotopic (exact) mass is 201 g/mol. The van der Waals surface area contributed by atoms with E-state index in [4.69, 9.17) is 0 Å². The first-order valence-electron chi connectivity index (χ1n) is 5.86. The lowest BCUT2D eigenvalue weighted by atomic mass is 9.72. The van der Waals surface area contributed by atoms with Crippen LogP contribution in [0.25, 0.3) is 0 Å². The number of halogens is 1. The average molecular weight is 201 g/mol. The molecular weight excluding hydrogens is 177 g/mol. The van der Waals surface area contributed by atoms with Crippen LogP contribution in [-0.2, 0) is 0 Å². The Morgan fingerprint density at radius 1 is 1.21 bits per heavy atom. The van der Waals surface area contributed by atoms with Crippen LogP contribution in [0.15, 0.2) is 0 Å². The maximum absolute atomic E-state index is 14.6. The summed E-state index contributed by atoms with van der Waals surface area (Å²) in [6, 6.07) is 0. The van der Waals surface area contributed by atoms with Gasteiger partial charge in [-0.1, -0.05) is 20.8 Å². The topological polar surface area (TPSA) is 12.0 Å². The molecule has 0 aliphatic carbocycles. The van der Waals surface area contributed by atoms with E-state index in [-0.39, 0.29) is 11.8 Å².